The number of ether oxygens (including phenoxy) is 3. The second-order valence-electron chi connectivity index (χ2n) is 8.46. The highest BCUT2D eigenvalue weighted by atomic mass is 16.6. The maximum Gasteiger partial charge on any atom is 0.410 e. The van der Waals surface area contributed by atoms with E-state index in [9.17, 15) is 19.7 Å². The predicted octanol–water partition coefficient (Wildman–Crippen LogP) is 4.04. The van der Waals surface area contributed by atoms with E-state index in [0.29, 0.717) is 38.8 Å². The van der Waals surface area contributed by atoms with Gasteiger partial charge >= 0.3 is 17.7 Å². The largest absolute Gasteiger partial charge is 0.472 e. The van der Waals surface area contributed by atoms with Gasteiger partial charge in [-0.25, -0.2) is 9.59 Å². The summed E-state index contributed by atoms with van der Waals surface area (Å²) in [5.41, 5.74) is 0.839. The van der Waals surface area contributed by atoms with Crippen LogP contribution in [0.25, 0.3) is 0 Å². The van der Waals surface area contributed by atoms with E-state index in [0.717, 1.165) is 11.1 Å². The van der Waals surface area contributed by atoms with Crippen molar-refractivity contribution in [2.24, 2.45) is 0 Å². The van der Waals surface area contributed by atoms with E-state index in [2.05, 4.69) is 0 Å². The molecule has 0 radical (unpaired) electrons. The lowest BCUT2D eigenvalue weighted by atomic mass is 10.0. The van der Waals surface area contributed by atoms with E-state index in [4.69, 9.17) is 14.2 Å². The number of esters is 1. The van der Waals surface area contributed by atoms with Gasteiger partial charge in [0.2, 0.25) is 0 Å². The topological polar surface area (TPSA) is 108 Å². The van der Waals surface area contributed by atoms with Crippen LogP contribution in [-0.4, -0.2) is 53.3 Å². The predicted molar refractivity (Wildman–Crippen MR) is 114 cm³/mol. The van der Waals surface area contributed by atoms with Crippen molar-refractivity contribution < 1.29 is 28.7 Å². The zero-order valence-corrected chi connectivity index (χ0v) is 18.9. The number of carbonyl (C=O) groups excluding carboxylic acids is 2. The Labute approximate surface area is 182 Å². The number of hydrogen-bond donors (Lipinski definition) is 0. The number of carbonyl (C=O) groups is 2. The van der Waals surface area contributed by atoms with Crippen LogP contribution < -0.4 is 4.74 Å². The van der Waals surface area contributed by atoms with Crippen LogP contribution in [0.1, 0.15) is 58.6 Å². The summed E-state index contributed by atoms with van der Waals surface area (Å²) in [5.74, 6) is -0.495. The third-order valence-electron chi connectivity index (χ3n) is 4.80. The minimum Gasteiger partial charge on any atom is -0.472 e. The lowest BCUT2D eigenvalue weighted by molar-refractivity contribution is -0.386. The van der Waals surface area contributed by atoms with Gasteiger partial charge in [-0.3, -0.25) is 10.1 Å². The summed E-state index contributed by atoms with van der Waals surface area (Å²) < 4.78 is 16.3. The molecule has 1 aliphatic heterocycles. The van der Waals surface area contributed by atoms with Gasteiger partial charge in [-0.15, -0.1) is 0 Å². The van der Waals surface area contributed by atoms with Gasteiger partial charge in [-0.1, -0.05) is 13.3 Å². The lowest BCUT2D eigenvalue weighted by Crippen LogP contribution is -2.38. The van der Waals surface area contributed by atoms with E-state index < -0.39 is 28.7 Å². The lowest BCUT2D eigenvalue weighted by Gasteiger charge is -2.26. The molecule has 0 N–H and O–H groups in total. The average molecular weight is 437 g/mol. The van der Waals surface area contributed by atoms with Gasteiger partial charge in [0.05, 0.1) is 11.5 Å². The highest BCUT2D eigenvalue weighted by Gasteiger charge is 2.29. The number of nitro benzene ring substituents is 1. The summed E-state index contributed by atoms with van der Waals surface area (Å²) in [7, 11) is 0. The molecule has 1 atom stereocenters. The number of hydrogen-bond acceptors (Lipinski definition) is 7. The fourth-order valence-electron chi connectivity index (χ4n) is 3.36. The molecular formula is C22H32N2O7. The second-order valence-corrected chi connectivity index (χ2v) is 8.46. The number of benzene rings is 1. The number of nitrogens with zero attached hydrogens (tertiary/aromatic N) is 2. The number of amides is 1. The normalized spacial score (nSPS) is 14.8. The van der Waals surface area contributed by atoms with Crippen LogP contribution in [0.15, 0.2) is 12.1 Å². The van der Waals surface area contributed by atoms with Crippen LogP contribution in [0.5, 0.6) is 5.75 Å². The van der Waals surface area contributed by atoms with Gasteiger partial charge in [0, 0.05) is 19.2 Å². The first-order chi connectivity index (χ1) is 14.6. The molecular weight excluding hydrogens is 404 g/mol. The molecule has 0 aliphatic carbocycles. The molecule has 172 valence electrons. The molecule has 1 aliphatic rings. The van der Waals surface area contributed by atoms with Crippen LogP contribution >= 0.6 is 0 Å². The van der Waals surface area contributed by atoms with Crippen molar-refractivity contribution in [3.05, 3.63) is 33.4 Å². The summed E-state index contributed by atoms with van der Waals surface area (Å²) in [5, 5.41) is 11.7. The molecule has 0 saturated heterocycles. The molecule has 0 spiro atoms. The molecule has 1 aromatic rings. The quantitative estimate of drug-likeness (QED) is 0.360. The molecule has 9 heteroatoms. The van der Waals surface area contributed by atoms with Gasteiger partial charge in [0.25, 0.3) is 0 Å². The maximum absolute atomic E-state index is 12.4. The first kappa shape index (κ1) is 24.4. The zero-order valence-electron chi connectivity index (χ0n) is 18.9. The smallest absolute Gasteiger partial charge is 0.410 e. The maximum atomic E-state index is 12.4. The molecule has 1 unspecified atom stereocenters. The molecule has 0 aromatic heterocycles. The molecule has 1 amide bonds. The summed E-state index contributed by atoms with van der Waals surface area (Å²) >= 11 is 0. The molecule has 1 heterocycles. The Bertz CT molecular complexity index is 817. The summed E-state index contributed by atoms with van der Waals surface area (Å²) in [6.45, 7) is 10.0. The number of nitro groups is 1. The van der Waals surface area contributed by atoms with Gasteiger partial charge in [0.1, 0.15) is 5.60 Å². The molecule has 2 rings (SSSR count). The third-order valence-corrected chi connectivity index (χ3v) is 4.80. The monoisotopic (exact) mass is 436 g/mol. The number of fused-ring (bicyclic) bond motifs is 1. The van der Waals surface area contributed by atoms with Crippen LogP contribution in [0.3, 0.4) is 0 Å². The zero-order chi connectivity index (χ0) is 23.2. The average Bonchev–Trinajstić information content (AvgIpc) is 2.88. The molecule has 1 aromatic carbocycles. The Morgan fingerprint density at radius 1 is 1.16 bits per heavy atom. The molecule has 31 heavy (non-hydrogen) atoms. The summed E-state index contributed by atoms with van der Waals surface area (Å²) in [6.07, 6.45) is 0.696. The van der Waals surface area contributed by atoms with Gasteiger partial charge < -0.3 is 19.1 Å². The summed E-state index contributed by atoms with van der Waals surface area (Å²) in [4.78, 5) is 37.4. The van der Waals surface area contributed by atoms with E-state index in [-0.39, 0.29) is 18.0 Å². The first-order valence-corrected chi connectivity index (χ1v) is 10.7. The Balaban J connectivity index is 2.28. The third kappa shape index (κ3) is 6.83. The van der Waals surface area contributed by atoms with Crippen molar-refractivity contribution in [1.29, 1.82) is 0 Å². The van der Waals surface area contributed by atoms with Crippen LogP contribution in [0.2, 0.25) is 0 Å². The van der Waals surface area contributed by atoms with Crippen LogP contribution in [-0.2, 0) is 27.1 Å². The molecule has 0 saturated carbocycles. The highest BCUT2D eigenvalue weighted by Crippen LogP contribution is 2.34. The van der Waals surface area contributed by atoms with E-state index >= 15 is 0 Å². The Morgan fingerprint density at radius 2 is 1.77 bits per heavy atom. The van der Waals surface area contributed by atoms with Crippen molar-refractivity contribution in [3.8, 4) is 5.75 Å². The van der Waals surface area contributed by atoms with Gasteiger partial charge in [-0.2, -0.15) is 0 Å². The van der Waals surface area contributed by atoms with Crippen LogP contribution in [0.4, 0.5) is 10.5 Å². The molecule has 0 bridgehead atoms. The minimum absolute atomic E-state index is 0.0426. The molecule has 9 nitrogen and oxygen atoms in total. The molecule has 0 fully saturated rings. The Hall–Kier alpha value is -2.84. The summed E-state index contributed by atoms with van der Waals surface area (Å²) in [6, 6.07) is 3.10. The van der Waals surface area contributed by atoms with Gasteiger partial charge in [0.15, 0.2) is 11.9 Å². The van der Waals surface area contributed by atoms with Gasteiger partial charge in [-0.05, 0) is 64.2 Å². The number of rotatable bonds is 7. The van der Waals surface area contributed by atoms with E-state index in [1.54, 1.807) is 38.7 Å². The van der Waals surface area contributed by atoms with Crippen LogP contribution in [0, 0.1) is 10.1 Å². The van der Waals surface area contributed by atoms with Crippen molar-refractivity contribution in [2.45, 2.75) is 72.0 Å². The Morgan fingerprint density at radius 3 is 2.29 bits per heavy atom. The van der Waals surface area contributed by atoms with Crippen molar-refractivity contribution in [3.63, 3.8) is 0 Å². The Kier molecular flexibility index (Phi) is 8.24. The second kappa shape index (κ2) is 10.5. The SMILES string of the molecule is CCCC(Oc1cc2c(cc1[N+](=O)[O-])CCN(C(=O)OC(C)(C)C)CC2)C(=O)OCC. The van der Waals surface area contributed by atoms with Crippen molar-refractivity contribution in [2.75, 3.05) is 19.7 Å². The van der Waals surface area contributed by atoms with Crippen molar-refractivity contribution >= 4 is 17.7 Å². The standard InChI is InChI=1S/C22H32N2O7/c1-6-8-18(20(25)29-7-2)30-19-14-16-10-12-23(21(26)31-22(3,4)5)11-9-15(16)13-17(19)24(27)28/h13-14,18H,6-12H2,1-5H3. The van der Waals surface area contributed by atoms with Crippen molar-refractivity contribution in [1.82, 2.24) is 4.90 Å². The fraction of sp³-hybridized carbons (Fsp3) is 0.636. The minimum atomic E-state index is -0.911. The van der Waals surface area contributed by atoms with E-state index in [1.165, 1.54) is 6.07 Å². The fourth-order valence-corrected chi connectivity index (χ4v) is 3.36. The highest BCUT2D eigenvalue weighted by molar-refractivity contribution is 5.75. The first-order valence-electron chi connectivity index (χ1n) is 10.7. The van der Waals surface area contributed by atoms with E-state index in [1.807, 2.05) is 6.92 Å².